The van der Waals surface area contributed by atoms with Gasteiger partial charge in [0.15, 0.2) is 0 Å². The van der Waals surface area contributed by atoms with E-state index in [1.54, 1.807) is 6.92 Å². The van der Waals surface area contributed by atoms with Gasteiger partial charge in [-0.25, -0.2) is 18.4 Å². The summed E-state index contributed by atoms with van der Waals surface area (Å²) >= 11 is 0. The Balaban J connectivity index is 2.69. The lowest BCUT2D eigenvalue weighted by atomic mass is 10.1. The third-order valence-electron chi connectivity index (χ3n) is 3.13. The average Bonchev–Trinajstić information content (AvgIpc) is 2.63. The fourth-order valence-corrected chi connectivity index (χ4v) is 2.17. The number of hydrogen-bond acceptors (Lipinski definition) is 4. The minimum absolute atomic E-state index is 0.0537. The molecule has 2 N–H and O–H groups in total. The molecule has 2 rings (SSSR count). The van der Waals surface area contributed by atoms with Crippen LogP contribution in [0, 0.1) is 0 Å². The van der Waals surface area contributed by atoms with Crippen LogP contribution in [0.4, 0.5) is 14.5 Å². The Bertz CT molecular complexity index is 749. The van der Waals surface area contributed by atoms with Crippen molar-refractivity contribution in [2.24, 2.45) is 7.05 Å². The molecule has 114 valence electrons. The first-order valence-electron chi connectivity index (χ1n) is 6.30. The van der Waals surface area contributed by atoms with Crippen LogP contribution in [0.3, 0.4) is 0 Å². The molecule has 21 heavy (non-hydrogen) atoms. The topological polar surface area (TPSA) is 79.2 Å². The van der Waals surface area contributed by atoms with E-state index in [4.69, 9.17) is 10.5 Å². The second-order valence-corrected chi connectivity index (χ2v) is 4.49. The highest BCUT2D eigenvalue weighted by atomic mass is 19.3. The SMILES string of the molecule is CCOC(=O)c1cc2c(cc1N)n(C)c(=O)n2CC(F)F. The van der Waals surface area contributed by atoms with Crippen molar-refractivity contribution in [1.29, 1.82) is 0 Å². The van der Waals surface area contributed by atoms with Crippen LogP contribution < -0.4 is 11.4 Å². The van der Waals surface area contributed by atoms with E-state index in [0.717, 1.165) is 4.57 Å². The number of ether oxygens (including phenoxy) is 1. The van der Waals surface area contributed by atoms with Gasteiger partial charge in [0, 0.05) is 12.7 Å². The molecule has 0 amide bonds. The first-order chi connectivity index (χ1) is 9.86. The van der Waals surface area contributed by atoms with Crippen LogP contribution >= 0.6 is 0 Å². The normalized spacial score (nSPS) is 11.3. The largest absolute Gasteiger partial charge is 0.462 e. The van der Waals surface area contributed by atoms with E-state index in [1.807, 2.05) is 0 Å². The minimum atomic E-state index is -2.68. The van der Waals surface area contributed by atoms with Gasteiger partial charge in [0.25, 0.3) is 6.43 Å². The van der Waals surface area contributed by atoms with E-state index in [0.29, 0.717) is 5.52 Å². The van der Waals surface area contributed by atoms with Crippen molar-refractivity contribution in [3.63, 3.8) is 0 Å². The molecule has 0 radical (unpaired) electrons. The van der Waals surface area contributed by atoms with E-state index in [2.05, 4.69) is 0 Å². The molecule has 1 aromatic carbocycles. The first kappa shape index (κ1) is 15.0. The molecule has 0 saturated carbocycles. The van der Waals surface area contributed by atoms with Crippen molar-refractivity contribution >= 4 is 22.7 Å². The Morgan fingerprint density at radius 3 is 2.62 bits per heavy atom. The van der Waals surface area contributed by atoms with E-state index >= 15 is 0 Å². The third kappa shape index (κ3) is 2.61. The van der Waals surface area contributed by atoms with Crippen molar-refractivity contribution in [2.75, 3.05) is 12.3 Å². The predicted octanol–water partition coefficient (Wildman–Crippen LogP) is 1.36. The van der Waals surface area contributed by atoms with Gasteiger partial charge in [-0.15, -0.1) is 0 Å². The summed E-state index contributed by atoms with van der Waals surface area (Å²) in [7, 11) is 1.45. The van der Waals surface area contributed by atoms with E-state index < -0.39 is 24.6 Å². The number of halogens is 2. The number of rotatable bonds is 4. The van der Waals surface area contributed by atoms with Crippen LogP contribution in [-0.2, 0) is 18.3 Å². The Kier molecular flexibility index (Phi) is 3.97. The summed E-state index contributed by atoms with van der Waals surface area (Å²) in [4.78, 5) is 23.8. The lowest BCUT2D eigenvalue weighted by Gasteiger charge is -2.07. The number of nitrogen functional groups attached to an aromatic ring is 1. The molecule has 0 atom stereocenters. The maximum atomic E-state index is 12.6. The number of hydrogen-bond donors (Lipinski definition) is 1. The zero-order valence-corrected chi connectivity index (χ0v) is 11.6. The van der Waals surface area contributed by atoms with Gasteiger partial charge in [-0.05, 0) is 19.1 Å². The minimum Gasteiger partial charge on any atom is -0.462 e. The molecular weight excluding hydrogens is 284 g/mol. The molecule has 0 fully saturated rings. The number of esters is 1. The lowest BCUT2D eigenvalue weighted by Crippen LogP contribution is -2.24. The second kappa shape index (κ2) is 5.55. The Morgan fingerprint density at radius 2 is 2.05 bits per heavy atom. The number of carbonyl (C=O) groups excluding carboxylic acids is 1. The molecule has 1 aromatic heterocycles. The number of alkyl halides is 2. The summed E-state index contributed by atoms with van der Waals surface area (Å²) in [6, 6.07) is 2.72. The summed E-state index contributed by atoms with van der Waals surface area (Å²) in [6.07, 6.45) is -2.68. The smallest absolute Gasteiger partial charge is 0.340 e. The van der Waals surface area contributed by atoms with Crippen LogP contribution in [0.15, 0.2) is 16.9 Å². The van der Waals surface area contributed by atoms with Crippen molar-refractivity contribution in [2.45, 2.75) is 19.9 Å². The molecular formula is C13H15F2N3O3. The molecule has 8 heteroatoms. The third-order valence-corrected chi connectivity index (χ3v) is 3.13. The van der Waals surface area contributed by atoms with E-state index in [1.165, 1.54) is 23.7 Å². The highest BCUT2D eigenvalue weighted by Gasteiger charge is 2.19. The van der Waals surface area contributed by atoms with Crippen molar-refractivity contribution in [3.05, 3.63) is 28.2 Å². The second-order valence-electron chi connectivity index (χ2n) is 4.49. The molecule has 0 bridgehead atoms. The number of aryl methyl sites for hydroxylation is 1. The fourth-order valence-electron chi connectivity index (χ4n) is 2.17. The van der Waals surface area contributed by atoms with Crippen molar-refractivity contribution in [3.8, 4) is 0 Å². The standard InChI is InChI=1S/C13H15F2N3O3/c1-3-21-12(19)7-4-10-9(5-8(7)16)17(2)13(20)18(10)6-11(14)15/h4-5,11H,3,6,16H2,1-2H3. The zero-order chi connectivity index (χ0) is 15.7. The highest BCUT2D eigenvalue weighted by Crippen LogP contribution is 2.22. The summed E-state index contributed by atoms with van der Waals surface area (Å²) in [5.74, 6) is -0.656. The molecule has 0 aliphatic rings. The Hall–Kier alpha value is -2.38. The monoisotopic (exact) mass is 299 g/mol. The average molecular weight is 299 g/mol. The van der Waals surface area contributed by atoms with Gasteiger partial charge >= 0.3 is 11.7 Å². The number of nitrogens with zero attached hydrogens (tertiary/aromatic N) is 2. The van der Waals surface area contributed by atoms with Gasteiger partial charge in [0.1, 0.15) is 0 Å². The molecule has 0 saturated heterocycles. The number of nitrogens with two attached hydrogens (primary N) is 1. The van der Waals surface area contributed by atoms with E-state index in [-0.39, 0.29) is 23.4 Å². The Morgan fingerprint density at radius 1 is 1.38 bits per heavy atom. The number of benzene rings is 1. The number of anilines is 1. The van der Waals surface area contributed by atoms with Crippen LogP contribution in [0.25, 0.3) is 11.0 Å². The maximum absolute atomic E-state index is 12.6. The molecule has 0 aliphatic carbocycles. The van der Waals surface area contributed by atoms with E-state index in [9.17, 15) is 18.4 Å². The van der Waals surface area contributed by atoms with Crippen LogP contribution in [0.2, 0.25) is 0 Å². The lowest BCUT2D eigenvalue weighted by molar-refractivity contribution is 0.0528. The molecule has 1 heterocycles. The molecule has 2 aromatic rings. The number of fused-ring (bicyclic) bond motifs is 1. The van der Waals surface area contributed by atoms with Crippen molar-refractivity contribution < 1.29 is 18.3 Å². The summed E-state index contributed by atoms with van der Waals surface area (Å²) in [6.45, 7) is 1.05. The quantitative estimate of drug-likeness (QED) is 0.683. The number of imidazole rings is 1. The molecule has 0 aliphatic heterocycles. The van der Waals surface area contributed by atoms with Gasteiger partial charge < -0.3 is 10.5 Å². The molecule has 6 nitrogen and oxygen atoms in total. The Labute approximate surface area is 118 Å². The molecule has 0 unspecified atom stereocenters. The fraction of sp³-hybridized carbons (Fsp3) is 0.385. The van der Waals surface area contributed by atoms with Crippen LogP contribution in [0.5, 0.6) is 0 Å². The maximum Gasteiger partial charge on any atom is 0.340 e. The van der Waals surface area contributed by atoms with Crippen molar-refractivity contribution in [1.82, 2.24) is 9.13 Å². The van der Waals surface area contributed by atoms with Gasteiger partial charge in [-0.3, -0.25) is 9.13 Å². The van der Waals surface area contributed by atoms with Crippen LogP contribution in [0.1, 0.15) is 17.3 Å². The first-order valence-corrected chi connectivity index (χ1v) is 6.30. The predicted molar refractivity (Wildman–Crippen MR) is 73.6 cm³/mol. The zero-order valence-electron chi connectivity index (χ0n) is 11.6. The summed E-state index contributed by atoms with van der Waals surface area (Å²) in [5, 5.41) is 0. The number of aromatic nitrogens is 2. The van der Waals surface area contributed by atoms with Crippen LogP contribution in [-0.4, -0.2) is 28.1 Å². The number of carbonyl (C=O) groups is 1. The van der Waals surface area contributed by atoms with Gasteiger partial charge in [-0.1, -0.05) is 0 Å². The summed E-state index contributed by atoms with van der Waals surface area (Å²) < 4.78 is 32.2. The summed E-state index contributed by atoms with van der Waals surface area (Å²) in [5.41, 5.74) is 5.97. The van der Waals surface area contributed by atoms with Gasteiger partial charge in [0.05, 0.1) is 29.7 Å². The van der Waals surface area contributed by atoms with Gasteiger partial charge in [-0.2, -0.15) is 0 Å². The highest BCUT2D eigenvalue weighted by molar-refractivity contribution is 5.99. The molecule has 0 spiro atoms. The van der Waals surface area contributed by atoms with Gasteiger partial charge in [0.2, 0.25) is 0 Å².